The molecule has 1 amide bonds. The van der Waals surface area contributed by atoms with E-state index in [0.717, 1.165) is 5.56 Å². The molecule has 126 valence electrons. The highest BCUT2D eigenvalue weighted by molar-refractivity contribution is 6.41. The van der Waals surface area contributed by atoms with Gasteiger partial charge in [-0.05, 0) is 42.9 Å². The van der Waals surface area contributed by atoms with Crippen molar-refractivity contribution in [1.29, 1.82) is 0 Å². The van der Waals surface area contributed by atoms with Crippen LogP contribution in [0.1, 0.15) is 29.0 Å². The monoisotopic (exact) mass is 327 g/mol. The molecule has 0 radical (unpaired) electrons. The molecule has 0 aliphatic carbocycles. The van der Waals surface area contributed by atoms with E-state index in [4.69, 9.17) is 4.42 Å². The minimum Gasteiger partial charge on any atom is -0.461 e. The van der Waals surface area contributed by atoms with Crippen LogP contribution in [0.2, 0.25) is 0 Å². The summed E-state index contributed by atoms with van der Waals surface area (Å²) in [7, 11) is 0. The van der Waals surface area contributed by atoms with Crippen molar-refractivity contribution in [3.63, 3.8) is 0 Å². The Morgan fingerprint density at radius 3 is 2.46 bits per heavy atom. The first-order valence-corrected chi connectivity index (χ1v) is 8.24. The summed E-state index contributed by atoms with van der Waals surface area (Å²) in [6.45, 7) is 0.976. The third-order valence-electron chi connectivity index (χ3n) is 4.60. The smallest absolute Gasteiger partial charge is 0.298 e. The number of ketones is 1. The first-order chi connectivity index (χ1) is 11.6. The third kappa shape index (κ3) is 3.74. The maximum atomic E-state index is 12.2. The number of nitrogens with zero attached hydrogens (tertiary/aromatic N) is 1. The topological polar surface area (TPSA) is 70.8 Å². The summed E-state index contributed by atoms with van der Waals surface area (Å²) < 4.78 is 5.00. The minimum absolute atomic E-state index is 0.0752. The normalized spacial score (nSPS) is 16.8. The molecular weight excluding hydrogens is 306 g/mol. The largest absolute Gasteiger partial charge is 0.461 e. The molecule has 5 nitrogen and oxygen atoms in total. The van der Waals surface area contributed by atoms with E-state index in [0.29, 0.717) is 32.4 Å². The van der Waals surface area contributed by atoms with Crippen LogP contribution >= 0.6 is 0 Å². The Kier molecular flexibility index (Phi) is 5.11. The highest BCUT2D eigenvalue weighted by Crippen LogP contribution is 2.23. The van der Waals surface area contributed by atoms with Gasteiger partial charge < -0.3 is 14.4 Å². The number of amides is 1. The van der Waals surface area contributed by atoms with Crippen LogP contribution in [-0.4, -0.2) is 40.9 Å². The molecule has 0 bridgehead atoms. The number of aliphatic hydroxyl groups excluding tert-OH is 1. The Balaban J connectivity index is 1.52. The van der Waals surface area contributed by atoms with E-state index in [-0.39, 0.29) is 11.7 Å². The first kappa shape index (κ1) is 16.5. The molecule has 2 aromatic rings. The number of furan rings is 1. The molecule has 5 heteroatoms. The van der Waals surface area contributed by atoms with Crippen molar-refractivity contribution >= 4 is 11.7 Å². The Hall–Kier alpha value is -2.40. The van der Waals surface area contributed by atoms with Gasteiger partial charge in [0.1, 0.15) is 0 Å². The summed E-state index contributed by atoms with van der Waals surface area (Å²) in [6.07, 6.45) is 2.97. The molecule has 2 heterocycles. The second-order valence-electron chi connectivity index (χ2n) is 6.19. The zero-order valence-electron chi connectivity index (χ0n) is 13.4. The third-order valence-corrected chi connectivity index (χ3v) is 4.60. The number of aliphatic hydroxyl groups is 1. The highest BCUT2D eigenvalue weighted by atomic mass is 16.3. The fourth-order valence-electron chi connectivity index (χ4n) is 3.17. The van der Waals surface area contributed by atoms with Crippen LogP contribution in [0.15, 0.2) is 53.1 Å². The molecule has 1 aliphatic rings. The molecule has 3 rings (SSSR count). The van der Waals surface area contributed by atoms with Crippen molar-refractivity contribution in [2.24, 2.45) is 5.92 Å². The summed E-state index contributed by atoms with van der Waals surface area (Å²) in [5.74, 6) is -0.913. The lowest BCUT2D eigenvalue weighted by Crippen LogP contribution is -2.44. The average molecular weight is 327 g/mol. The van der Waals surface area contributed by atoms with Gasteiger partial charge >= 0.3 is 0 Å². The Labute approximate surface area is 140 Å². The van der Waals surface area contributed by atoms with E-state index < -0.39 is 17.8 Å². The maximum absolute atomic E-state index is 12.2. The second kappa shape index (κ2) is 7.45. The van der Waals surface area contributed by atoms with Gasteiger partial charge in [-0.2, -0.15) is 0 Å². The van der Waals surface area contributed by atoms with Crippen LogP contribution in [0.3, 0.4) is 0 Å². The molecule has 1 aromatic heterocycles. The number of piperidine rings is 1. The van der Waals surface area contributed by atoms with E-state index in [9.17, 15) is 14.7 Å². The summed E-state index contributed by atoms with van der Waals surface area (Å²) in [5, 5.41) is 10.4. The fourth-order valence-corrected chi connectivity index (χ4v) is 3.17. The van der Waals surface area contributed by atoms with Crippen LogP contribution in [0, 0.1) is 5.92 Å². The summed E-state index contributed by atoms with van der Waals surface area (Å²) in [4.78, 5) is 25.8. The van der Waals surface area contributed by atoms with Crippen molar-refractivity contribution in [2.75, 3.05) is 13.1 Å². The van der Waals surface area contributed by atoms with Crippen molar-refractivity contribution in [2.45, 2.75) is 25.4 Å². The standard InChI is InChI=1S/C19H21NO4/c21-16(13-14-5-2-1-3-6-14)15-8-10-20(11-9-15)19(23)18(22)17-7-4-12-24-17/h1-7,12,15-16,21H,8-11,13H2/t16-/m1/s1. The van der Waals surface area contributed by atoms with E-state index in [1.807, 2.05) is 30.3 Å². The lowest BCUT2D eigenvalue weighted by molar-refractivity contribution is -0.128. The zero-order chi connectivity index (χ0) is 16.9. The molecule has 0 unspecified atom stereocenters. The number of benzene rings is 1. The van der Waals surface area contributed by atoms with Gasteiger partial charge in [0.05, 0.1) is 12.4 Å². The van der Waals surface area contributed by atoms with E-state index >= 15 is 0 Å². The summed E-state index contributed by atoms with van der Waals surface area (Å²) in [6, 6.07) is 13.0. The van der Waals surface area contributed by atoms with Gasteiger partial charge in [-0.1, -0.05) is 30.3 Å². The number of rotatable bonds is 5. The van der Waals surface area contributed by atoms with Crippen molar-refractivity contribution in [1.82, 2.24) is 4.90 Å². The molecule has 0 saturated carbocycles. The van der Waals surface area contributed by atoms with E-state index in [1.54, 1.807) is 11.0 Å². The summed E-state index contributed by atoms with van der Waals surface area (Å²) in [5.41, 5.74) is 1.11. The number of likely N-dealkylation sites (tertiary alicyclic amines) is 1. The van der Waals surface area contributed by atoms with Crippen LogP contribution < -0.4 is 0 Å². The van der Waals surface area contributed by atoms with E-state index in [1.165, 1.54) is 12.3 Å². The summed E-state index contributed by atoms with van der Waals surface area (Å²) >= 11 is 0. The van der Waals surface area contributed by atoms with E-state index in [2.05, 4.69) is 0 Å². The van der Waals surface area contributed by atoms with Crippen molar-refractivity contribution in [3.8, 4) is 0 Å². The maximum Gasteiger partial charge on any atom is 0.298 e. The van der Waals surface area contributed by atoms with Crippen LogP contribution in [-0.2, 0) is 11.2 Å². The molecule has 24 heavy (non-hydrogen) atoms. The SMILES string of the molecule is O=C(C(=O)N1CCC([C@H](O)Cc2ccccc2)CC1)c1ccco1. The number of carbonyl (C=O) groups is 2. The van der Waals surface area contributed by atoms with Crippen LogP contribution in [0.25, 0.3) is 0 Å². The lowest BCUT2D eigenvalue weighted by atomic mass is 9.88. The van der Waals surface area contributed by atoms with Gasteiger partial charge in [-0.25, -0.2) is 0 Å². The van der Waals surface area contributed by atoms with Gasteiger partial charge in [-0.3, -0.25) is 9.59 Å². The molecule has 1 fully saturated rings. The number of hydrogen-bond donors (Lipinski definition) is 1. The molecule has 1 aliphatic heterocycles. The predicted molar refractivity (Wildman–Crippen MR) is 88.5 cm³/mol. The first-order valence-electron chi connectivity index (χ1n) is 8.24. The van der Waals surface area contributed by atoms with Gasteiger partial charge in [0.2, 0.25) is 0 Å². The zero-order valence-corrected chi connectivity index (χ0v) is 13.4. The highest BCUT2D eigenvalue weighted by Gasteiger charge is 2.31. The minimum atomic E-state index is -0.608. The average Bonchev–Trinajstić information content (AvgIpc) is 3.16. The quantitative estimate of drug-likeness (QED) is 0.676. The molecule has 1 N–H and O–H groups in total. The predicted octanol–water partition coefficient (Wildman–Crippen LogP) is 2.30. The second-order valence-corrected chi connectivity index (χ2v) is 6.19. The molecular formula is C19H21NO4. The van der Waals surface area contributed by atoms with Crippen LogP contribution in [0.4, 0.5) is 0 Å². The molecule has 1 saturated heterocycles. The lowest BCUT2D eigenvalue weighted by Gasteiger charge is -2.33. The number of Topliss-reactive ketones (excluding diaryl/α,β-unsaturated/α-hetero) is 1. The van der Waals surface area contributed by atoms with Gasteiger partial charge in [-0.15, -0.1) is 0 Å². The Morgan fingerprint density at radius 1 is 1.12 bits per heavy atom. The van der Waals surface area contributed by atoms with Gasteiger partial charge in [0.15, 0.2) is 5.76 Å². The van der Waals surface area contributed by atoms with Crippen LogP contribution in [0.5, 0.6) is 0 Å². The molecule has 1 atom stereocenters. The van der Waals surface area contributed by atoms with Crippen molar-refractivity contribution in [3.05, 3.63) is 60.1 Å². The Bertz CT molecular complexity index is 673. The molecule has 0 spiro atoms. The number of hydrogen-bond acceptors (Lipinski definition) is 4. The Morgan fingerprint density at radius 2 is 1.83 bits per heavy atom. The van der Waals surface area contributed by atoms with Gasteiger partial charge in [0.25, 0.3) is 11.7 Å². The fraction of sp³-hybridized carbons (Fsp3) is 0.368. The van der Waals surface area contributed by atoms with Crippen molar-refractivity contribution < 1.29 is 19.1 Å². The molecule has 1 aromatic carbocycles. The number of carbonyl (C=O) groups excluding carboxylic acids is 2. The van der Waals surface area contributed by atoms with Gasteiger partial charge in [0, 0.05) is 13.1 Å².